The number of rotatable bonds is 4. The molecule has 5 N–H and O–H groups in total. The molecule has 1 fully saturated rings. The van der Waals surface area contributed by atoms with Gasteiger partial charge >= 0.3 is 0 Å². The van der Waals surface area contributed by atoms with E-state index in [0.29, 0.717) is 11.2 Å². The lowest BCUT2D eigenvalue weighted by atomic mass is 9.98. The Hall–Kier alpha value is -1.38. The number of aliphatic hydroxyl groups excluding tert-OH is 3. The molecule has 9 nitrogen and oxygen atoms in total. The number of hydrogen-bond acceptors (Lipinski definition) is 9. The second-order valence-electron chi connectivity index (χ2n) is 6.03. The standard InChI is InChI=1S/C15H16IN5O4S/c16-7-1-2-26-9(7)3-15(12(24)11(23)8(4-22)25-15)21-6-20-10-13(17)18-5-19-14(10)21/h1-2,5-6,8,11-12,22-24H,3-4H2,(H2,17,18,19)/t8-,11-,12-,15-/m1/s1. The predicted octanol–water partition coefficient (Wildman–Crippen LogP) is 0.0830. The molecule has 4 heterocycles. The van der Waals surface area contributed by atoms with E-state index >= 15 is 0 Å². The molecule has 138 valence electrons. The number of nitrogen functional groups attached to an aromatic ring is 1. The fourth-order valence-electron chi connectivity index (χ4n) is 3.26. The molecule has 1 aliphatic rings. The first-order chi connectivity index (χ1) is 12.5. The summed E-state index contributed by atoms with van der Waals surface area (Å²) in [6.45, 7) is -0.425. The first kappa shape index (κ1) is 18.0. The second kappa shape index (κ2) is 6.65. The average Bonchev–Trinajstić information content (AvgIpc) is 3.30. The van der Waals surface area contributed by atoms with Crippen molar-refractivity contribution in [2.75, 3.05) is 12.3 Å². The first-order valence-electron chi connectivity index (χ1n) is 7.78. The topological polar surface area (TPSA) is 140 Å². The van der Waals surface area contributed by atoms with Crippen LogP contribution < -0.4 is 5.73 Å². The Balaban J connectivity index is 1.91. The molecular weight excluding hydrogens is 473 g/mol. The van der Waals surface area contributed by atoms with Crippen molar-refractivity contribution in [2.24, 2.45) is 0 Å². The highest BCUT2D eigenvalue weighted by atomic mass is 127. The molecule has 3 aromatic rings. The van der Waals surface area contributed by atoms with Gasteiger partial charge in [0.25, 0.3) is 0 Å². The molecule has 0 saturated carbocycles. The van der Waals surface area contributed by atoms with E-state index in [-0.39, 0.29) is 12.2 Å². The Morgan fingerprint density at radius 1 is 1.35 bits per heavy atom. The number of hydrogen-bond donors (Lipinski definition) is 4. The predicted molar refractivity (Wildman–Crippen MR) is 102 cm³/mol. The van der Waals surface area contributed by atoms with Gasteiger partial charge in [-0.15, -0.1) is 11.3 Å². The number of aromatic nitrogens is 4. The zero-order valence-electron chi connectivity index (χ0n) is 13.4. The van der Waals surface area contributed by atoms with Crippen molar-refractivity contribution in [3.8, 4) is 0 Å². The number of anilines is 1. The molecule has 11 heteroatoms. The molecule has 1 saturated heterocycles. The van der Waals surface area contributed by atoms with Crippen LogP contribution in [0.15, 0.2) is 24.1 Å². The minimum Gasteiger partial charge on any atom is -0.394 e. The van der Waals surface area contributed by atoms with Crippen molar-refractivity contribution in [1.29, 1.82) is 0 Å². The second-order valence-corrected chi connectivity index (χ2v) is 8.20. The smallest absolute Gasteiger partial charge is 0.181 e. The van der Waals surface area contributed by atoms with E-state index in [4.69, 9.17) is 10.5 Å². The van der Waals surface area contributed by atoms with Gasteiger partial charge in [-0.2, -0.15) is 0 Å². The minimum atomic E-state index is -1.38. The number of imidazole rings is 1. The van der Waals surface area contributed by atoms with E-state index in [0.717, 1.165) is 8.45 Å². The maximum atomic E-state index is 10.9. The van der Waals surface area contributed by atoms with Gasteiger partial charge in [0, 0.05) is 14.9 Å². The van der Waals surface area contributed by atoms with Gasteiger partial charge in [0.05, 0.1) is 12.9 Å². The summed E-state index contributed by atoms with van der Waals surface area (Å²) in [7, 11) is 0. The normalized spacial score (nSPS) is 28.8. The van der Waals surface area contributed by atoms with Crippen LogP contribution >= 0.6 is 33.9 Å². The fourth-order valence-corrected chi connectivity index (χ4v) is 5.09. The Kier molecular flexibility index (Phi) is 4.61. The Bertz CT molecular complexity index is 949. The van der Waals surface area contributed by atoms with Crippen LogP contribution in [0.1, 0.15) is 4.88 Å². The molecule has 0 unspecified atom stereocenters. The molecule has 4 rings (SSSR count). The molecule has 0 amide bonds. The van der Waals surface area contributed by atoms with Crippen molar-refractivity contribution in [3.05, 3.63) is 32.5 Å². The highest BCUT2D eigenvalue weighted by Crippen LogP contribution is 2.41. The summed E-state index contributed by atoms with van der Waals surface area (Å²) in [6, 6.07) is 1.96. The third-order valence-corrected chi connectivity index (χ3v) is 6.87. The highest BCUT2D eigenvalue weighted by molar-refractivity contribution is 14.1. The van der Waals surface area contributed by atoms with Gasteiger partial charge in [0.2, 0.25) is 0 Å². The van der Waals surface area contributed by atoms with Crippen LogP contribution in [-0.4, -0.2) is 59.8 Å². The number of thiophene rings is 1. The van der Waals surface area contributed by atoms with Crippen molar-refractivity contribution in [3.63, 3.8) is 0 Å². The van der Waals surface area contributed by atoms with Crippen LogP contribution in [-0.2, 0) is 16.9 Å². The largest absolute Gasteiger partial charge is 0.394 e. The number of nitrogens with zero attached hydrogens (tertiary/aromatic N) is 4. The molecule has 0 bridgehead atoms. The van der Waals surface area contributed by atoms with Crippen molar-refractivity contribution in [1.82, 2.24) is 19.5 Å². The number of aliphatic hydroxyl groups is 3. The zero-order chi connectivity index (χ0) is 18.5. The summed E-state index contributed by atoms with van der Waals surface area (Å²) in [5, 5.41) is 32.8. The van der Waals surface area contributed by atoms with Gasteiger partial charge < -0.3 is 25.8 Å². The minimum absolute atomic E-state index is 0.210. The van der Waals surface area contributed by atoms with Crippen LogP contribution in [0.5, 0.6) is 0 Å². The van der Waals surface area contributed by atoms with E-state index in [9.17, 15) is 15.3 Å². The summed E-state index contributed by atoms with van der Waals surface area (Å²) in [6.07, 6.45) is -0.446. The van der Waals surface area contributed by atoms with Crippen LogP contribution in [0.3, 0.4) is 0 Å². The van der Waals surface area contributed by atoms with Crippen LogP contribution in [0, 0.1) is 3.57 Å². The molecular formula is C15H16IN5O4S. The summed E-state index contributed by atoms with van der Waals surface area (Å²) in [4.78, 5) is 13.4. The van der Waals surface area contributed by atoms with Gasteiger partial charge in [-0.25, -0.2) is 15.0 Å². The number of nitrogens with two attached hydrogens (primary N) is 1. The SMILES string of the molecule is Nc1ncnc2c1ncn2[C@]1(Cc2sccc2I)O[C@H](CO)[C@@H](O)[C@H]1O. The molecule has 0 aliphatic carbocycles. The molecule has 4 atom stereocenters. The fraction of sp³-hybridized carbons (Fsp3) is 0.400. The lowest BCUT2D eigenvalue weighted by molar-refractivity contribution is -0.144. The summed E-state index contributed by atoms with van der Waals surface area (Å²) < 4.78 is 8.60. The van der Waals surface area contributed by atoms with Gasteiger partial charge in [-0.05, 0) is 34.0 Å². The monoisotopic (exact) mass is 489 g/mol. The van der Waals surface area contributed by atoms with Gasteiger partial charge in [-0.3, -0.25) is 4.57 Å². The first-order valence-corrected chi connectivity index (χ1v) is 9.74. The summed E-state index contributed by atoms with van der Waals surface area (Å²) >= 11 is 3.73. The summed E-state index contributed by atoms with van der Waals surface area (Å²) in [5.74, 6) is 0.210. The van der Waals surface area contributed by atoms with Crippen molar-refractivity contribution >= 4 is 50.9 Å². The third kappa shape index (κ3) is 2.61. The molecule has 1 aliphatic heterocycles. The summed E-state index contributed by atoms with van der Waals surface area (Å²) in [5.41, 5.74) is 5.25. The van der Waals surface area contributed by atoms with Gasteiger partial charge in [-0.1, -0.05) is 0 Å². The third-order valence-electron chi connectivity index (χ3n) is 4.58. The lowest BCUT2D eigenvalue weighted by Crippen LogP contribution is -2.47. The maximum Gasteiger partial charge on any atom is 0.181 e. The van der Waals surface area contributed by atoms with Gasteiger partial charge in [0.1, 0.15) is 30.2 Å². The Labute approximate surface area is 165 Å². The highest BCUT2D eigenvalue weighted by Gasteiger charge is 2.56. The average molecular weight is 489 g/mol. The molecule has 0 spiro atoms. The van der Waals surface area contributed by atoms with Crippen molar-refractivity contribution in [2.45, 2.75) is 30.5 Å². The molecule has 3 aromatic heterocycles. The van der Waals surface area contributed by atoms with E-state index in [1.54, 1.807) is 4.57 Å². The Morgan fingerprint density at radius 2 is 2.15 bits per heavy atom. The van der Waals surface area contributed by atoms with Crippen LogP contribution in [0.2, 0.25) is 0 Å². The number of ether oxygens (including phenoxy) is 1. The maximum absolute atomic E-state index is 10.9. The lowest BCUT2D eigenvalue weighted by Gasteiger charge is -2.33. The molecule has 0 aromatic carbocycles. The number of halogens is 1. The molecule has 0 radical (unpaired) electrons. The van der Waals surface area contributed by atoms with Gasteiger partial charge in [0.15, 0.2) is 17.2 Å². The van der Waals surface area contributed by atoms with Crippen molar-refractivity contribution < 1.29 is 20.1 Å². The van der Waals surface area contributed by atoms with Crippen LogP contribution in [0.25, 0.3) is 11.2 Å². The van der Waals surface area contributed by atoms with E-state index in [2.05, 4.69) is 37.5 Å². The Morgan fingerprint density at radius 3 is 2.81 bits per heavy atom. The van der Waals surface area contributed by atoms with Crippen LogP contribution in [0.4, 0.5) is 5.82 Å². The quantitative estimate of drug-likeness (QED) is 0.378. The number of fused-ring (bicyclic) bond motifs is 1. The van der Waals surface area contributed by atoms with E-state index in [1.165, 1.54) is 24.0 Å². The molecule has 26 heavy (non-hydrogen) atoms. The van der Waals surface area contributed by atoms with E-state index < -0.39 is 30.6 Å². The van der Waals surface area contributed by atoms with E-state index in [1.807, 2.05) is 11.4 Å². The zero-order valence-corrected chi connectivity index (χ0v) is 16.3.